The zero-order valence-corrected chi connectivity index (χ0v) is 19.5. The fourth-order valence-electron chi connectivity index (χ4n) is 3.84. The van der Waals surface area contributed by atoms with E-state index in [4.69, 9.17) is 19.3 Å². The number of benzene rings is 2. The average Bonchev–Trinajstić information content (AvgIpc) is 3.34. The number of morpholine rings is 1. The summed E-state index contributed by atoms with van der Waals surface area (Å²) in [5.74, 6) is 0.600. The predicted molar refractivity (Wildman–Crippen MR) is 126 cm³/mol. The molecule has 1 unspecified atom stereocenters. The van der Waals surface area contributed by atoms with Crippen molar-refractivity contribution in [2.24, 2.45) is 0 Å². The lowest BCUT2D eigenvalue weighted by atomic mass is 10.1. The molecule has 178 valence electrons. The van der Waals surface area contributed by atoms with Crippen LogP contribution in [0.5, 0.6) is 11.5 Å². The third-order valence-electron chi connectivity index (χ3n) is 5.68. The molecular weight excluding hydrogens is 436 g/mol. The molecule has 2 aromatic carbocycles. The van der Waals surface area contributed by atoms with Gasteiger partial charge in [0.1, 0.15) is 23.2 Å². The zero-order chi connectivity index (χ0) is 24.1. The van der Waals surface area contributed by atoms with Gasteiger partial charge in [-0.05, 0) is 31.2 Å². The van der Waals surface area contributed by atoms with Gasteiger partial charge in [-0.1, -0.05) is 18.2 Å². The second-order valence-corrected chi connectivity index (χ2v) is 7.87. The number of hydrogen-bond donors (Lipinski definition) is 1. The van der Waals surface area contributed by atoms with Gasteiger partial charge in [0.15, 0.2) is 0 Å². The van der Waals surface area contributed by atoms with Crippen molar-refractivity contribution in [3.63, 3.8) is 0 Å². The van der Waals surface area contributed by atoms with Crippen molar-refractivity contribution in [2.45, 2.75) is 13.0 Å². The minimum atomic E-state index is -0.698. The highest BCUT2D eigenvalue weighted by Gasteiger charge is 2.27. The van der Waals surface area contributed by atoms with Gasteiger partial charge in [-0.25, -0.2) is 4.68 Å². The summed E-state index contributed by atoms with van der Waals surface area (Å²) in [6.45, 7) is 3.71. The maximum atomic E-state index is 13.4. The van der Waals surface area contributed by atoms with E-state index >= 15 is 0 Å². The van der Waals surface area contributed by atoms with E-state index in [0.717, 1.165) is 5.69 Å². The van der Waals surface area contributed by atoms with E-state index in [0.29, 0.717) is 54.6 Å². The van der Waals surface area contributed by atoms with Crippen molar-refractivity contribution >= 4 is 11.8 Å². The number of amides is 2. The molecule has 0 bridgehead atoms. The van der Waals surface area contributed by atoms with Crippen LogP contribution in [0.1, 0.15) is 17.3 Å². The van der Waals surface area contributed by atoms with Crippen LogP contribution in [0.2, 0.25) is 0 Å². The Kier molecular flexibility index (Phi) is 7.12. The smallest absolute Gasteiger partial charge is 0.255 e. The molecule has 1 aliphatic heterocycles. The maximum Gasteiger partial charge on any atom is 0.255 e. The van der Waals surface area contributed by atoms with Gasteiger partial charge in [0.25, 0.3) is 5.91 Å². The summed E-state index contributed by atoms with van der Waals surface area (Å²) >= 11 is 0. The van der Waals surface area contributed by atoms with E-state index in [1.807, 2.05) is 30.3 Å². The Labute approximate surface area is 198 Å². The highest BCUT2D eigenvalue weighted by atomic mass is 16.5. The number of ether oxygens (including phenoxy) is 3. The Hall–Kier alpha value is -3.85. The van der Waals surface area contributed by atoms with E-state index in [-0.39, 0.29) is 5.91 Å². The molecule has 1 fully saturated rings. The summed E-state index contributed by atoms with van der Waals surface area (Å²) in [6, 6.07) is 14.1. The summed E-state index contributed by atoms with van der Waals surface area (Å²) in [5.41, 5.74) is 2.20. The Balaban J connectivity index is 1.69. The van der Waals surface area contributed by atoms with Crippen molar-refractivity contribution in [3.05, 3.63) is 60.3 Å². The first-order chi connectivity index (χ1) is 16.5. The first-order valence-electron chi connectivity index (χ1n) is 11.1. The number of carbonyl (C=O) groups is 2. The molecule has 9 nitrogen and oxygen atoms in total. The number of nitrogens with one attached hydrogen (secondary N) is 1. The summed E-state index contributed by atoms with van der Waals surface area (Å²) < 4.78 is 17.8. The lowest BCUT2D eigenvalue weighted by molar-refractivity contribution is -0.136. The minimum Gasteiger partial charge on any atom is -0.497 e. The molecule has 1 aromatic heterocycles. The third kappa shape index (κ3) is 4.89. The van der Waals surface area contributed by atoms with E-state index < -0.39 is 11.9 Å². The predicted octanol–water partition coefficient (Wildman–Crippen LogP) is 2.53. The van der Waals surface area contributed by atoms with Crippen LogP contribution >= 0.6 is 0 Å². The summed E-state index contributed by atoms with van der Waals surface area (Å²) in [7, 11) is 3.12. The fourth-order valence-corrected chi connectivity index (χ4v) is 3.84. The van der Waals surface area contributed by atoms with Crippen LogP contribution in [0.3, 0.4) is 0 Å². The summed E-state index contributed by atoms with van der Waals surface area (Å²) in [4.78, 5) is 27.9. The van der Waals surface area contributed by atoms with Crippen LogP contribution in [0.4, 0.5) is 0 Å². The van der Waals surface area contributed by atoms with Crippen LogP contribution in [0.25, 0.3) is 16.9 Å². The van der Waals surface area contributed by atoms with Crippen LogP contribution in [-0.2, 0) is 9.53 Å². The van der Waals surface area contributed by atoms with Gasteiger partial charge in [0.05, 0.1) is 38.7 Å². The largest absolute Gasteiger partial charge is 0.497 e. The van der Waals surface area contributed by atoms with E-state index in [9.17, 15) is 9.59 Å². The fraction of sp³-hybridized carbons (Fsp3) is 0.320. The Bertz CT molecular complexity index is 1160. The monoisotopic (exact) mass is 464 g/mol. The molecule has 4 rings (SSSR count). The van der Waals surface area contributed by atoms with Crippen molar-refractivity contribution in [2.75, 3.05) is 40.5 Å². The van der Waals surface area contributed by atoms with Crippen LogP contribution in [-0.4, -0.2) is 73.1 Å². The van der Waals surface area contributed by atoms with Crippen LogP contribution < -0.4 is 14.8 Å². The van der Waals surface area contributed by atoms with Crippen molar-refractivity contribution in [3.8, 4) is 28.4 Å². The number of rotatable bonds is 7. The number of nitrogens with zero attached hydrogens (tertiary/aromatic N) is 3. The van der Waals surface area contributed by atoms with Gasteiger partial charge in [-0.2, -0.15) is 5.10 Å². The molecular formula is C25H28N4O5. The number of carbonyl (C=O) groups excluding carboxylic acids is 2. The third-order valence-corrected chi connectivity index (χ3v) is 5.68. The molecule has 9 heteroatoms. The topological polar surface area (TPSA) is 94.9 Å². The number of methoxy groups -OCH3 is 2. The Morgan fingerprint density at radius 1 is 1.06 bits per heavy atom. The molecule has 0 radical (unpaired) electrons. The molecule has 2 amide bonds. The lowest BCUT2D eigenvalue weighted by Crippen LogP contribution is -2.50. The molecule has 0 aliphatic carbocycles. The van der Waals surface area contributed by atoms with Crippen molar-refractivity contribution < 1.29 is 23.8 Å². The second kappa shape index (κ2) is 10.4. The van der Waals surface area contributed by atoms with Gasteiger partial charge in [-0.15, -0.1) is 0 Å². The highest BCUT2D eigenvalue weighted by Crippen LogP contribution is 2.34. The number of hydrogen-bond acceptors (Lipinski definition) is 6. The van der Waals surface area contributed by atoms with Crippen LogP contribution in [0, 0.1) is 0 Å². The van der Waals surface area contributed by atoms with E-state index in [2.05, 4.69) is 5.32 Å². The molecule has 1 atom stereocenters. The number of aromatic nitrogens is 2. The summed E-state index contributed by atoms with van der Waals surface area (Å²) in [5, 5.41) is 7.54. The zero-order valence-electron chi connectivity index (χ0n) is 19.5. The Morgan fingerprint density at radius 3 is 2.47 bits per heavy atom. The van der Waals surface area contributed by atoms with E-state index in [1.165, 1.54) is 0 Å². The molecule has 1 aliphatic rings. The maximum absolute atomic E-state index is 13.4. The Morgan fingerprint density at radius 2 is 1.79 bits per heavy atom. The normalized spacial score (nSPS) is 14.4. The molecule has 34 heavy (non-hydrogen) atoms. The quantitative estimate of drug-likeness (QED) is 0.578. The molecule has 0 spiro atoms. The molecule has 1 saturated heterocycles. The molecule has 3 aromatic rings. The average molecular weight is 465 g/mol. The first-order valence-corrected chi connectivity index (χ1v) is 11.1. The van der Waals surface area contributed by atoms with Crippen molar-refractivity contribution in [1.82, 2.24) is 20.0 Å². The summed E-state index contributed by atoms with van der Waals surface area (Å²) in [6.07, 6.45) is 1.66. The SMILES string of the molecule is COc1ccc(-c2nn(-c3ccccc3)cc2C(=O)NC(C)C(=O)N2CCOCC2)c(OC)c1. The van der Waals surface area contributed by atoms with Gasteiger partial charge >= 0.3 is 0 Å². The first kappa shape index (κ1) is 23.3. The second-order valence-electron chi connectivity index (χ2n) is 7.87. The lowest BCUT2D eigenvalue weighted by Gasteiger charge is -2.29. The van der Waals surface area contributed by atoms with Gasteiger partial charge in [0, 0.05) is 30.9 Å². The van der Waals surface area contributed by atoms with Gasteiger partial charge in [0.2, 0.25) is 5.91 Å². The van der Waals surface area contributed by atoms with Gasteiger partial charge in [-0.3, -0.25) is 9.59 Å². The molecule has 0 saturated carbocycles. The van der Waals surface area contributed by atoms with Gasteiger partial charge < -0.3 is 24.4 Å². The van der Waals surface area contributed by atoms with Crippen LogP contribution in [0.15, 0.2) is 54.7 Å². The highest BCUT2D eigenvalue weighted by molar-refractivity contribution is 6.02. The number of para-hydroxylation sites is 1. The minimum absolute atomic E-state index is 0.143. The standard InChI is InChI=1S/C25H28N4O5/c1-17(25(31)28-11-13-34-14-12-28)26-24(30)21-16-29(18-7-5-4-6-8-18)27-23(21)20-10-9-19(32-2)15-22(20)33-3/h4-10,15-17H,11-14H2,1-3H3,(H,26,30). The van der Waals surface area contributed by atoms with E-state index in [1.54, 1.807) is 55.1 Å². The molecule has 2 heterocycles. The molecule has 1 N–H and O–H groups in total. The van der Waals surface area contributed by atoms with Crippen molar-refractivity contribution in [1.29, 1.82) is 0 Å².